The molecule has 3 heterocycles. The van der Waals surface area contributed by atoms with Crippen LogP contribution in [0.5, 0.6) is 0 Å². The number of aromatic nitrogens is 2. The number of fused-ring (bicyclic) bond motifs is 3. The third kappa shape index (κ3) is 3.26. The van der Waals surface area contributed by atoms with E-state index in [1.54, 1.807) is 0 Å². The quantitative estimate of drug-likeness (QED) is 0.500. The topological polar surface area (TPSA) is 56.4 Å². The average Bonchev–Trinajstić information content (AvgIpc) is 3.42. The van der Waals surface area contributed by atoms with Gasteiger partial charge in [0.15, 0.2) is 5.65 Å². The normalized spacial score (nSPS) is 16.7. The molecule has 0 saturated carbocycles. The molecule has 162 valence electrons. The van der Waals surface area contributed by atoms with Gasteiger partial charge in [-0.25, -0.2) is 4.98 Å². The second-order valence-corrected chi connectivity index (χ2v) is 7.96. The Morgan fingerprint density at radius 1 is 1.12 bits per heavy atom. The lowest BCUT2D eigenvalue weighted by Crippen LogP contribution is -2.30. The highest BCUT2D eigenvalue weighted by atomic mass is 19.4. The fourth-order valence-corrected chi connectivity index (χ4v) is 4.43. The minimum Gasteiger partial charge on any atom is -0.356 e. The molecule has 0 radical (unpaired) electrons. The Balaban J connectivity index is 1.77. The number of benzene rings is 2. The van der Waals surface area contributed by atoms with E-state index in [1.807, 2.05) is 41.8 Å². The van der Waals surface area contributed by atoms with Crippen molar-refractivity contribution in [3.8, 4) is 17.2 Å². The van der Waals surface area contributed by atoms with Gasteiger partial charge in [-0.2, -0.15) is 18.4 Å². The summed E-state index contributed by atoms with van der Waals surface area (Å²) in [6.45, 7) is 1.61. The number of nitrogens with zero attached hydrogens (tertiary/aromatic N) is 4. The van der Waals surface area contributed by atoms with Crippen LogP contribution in [0.3, 0.4) is 0 Å². The Labute approximate surface area is 182 Å². The van der Waals surface area contributed by atoms with Gasteiger partial charge in [0.1, 0.15) is 17.5 Å². The molecule has 1 N–H and O–H groups in total. The minimum absolute atomic E-state index is 0.338. The summed E-state index contributed by atoms with van der Waals surface area (Å²) in [5.41, 5.74) is 2.91. The maximum absolute atomic E-state index is 13.1. The lowest BCUT2D eigenvalue weighted by Gasteiger charge is -2.22. The maximum Gasteiger partial charge on any atom is 0.416 e. The Morgan fingerprint density at radius 2 is 1.88 bits per heavy atom. The summed E-state index contributed by atoms with van der Waals surface area (Å²) in [5, 5.41) is 13.3. The standard InChI is InChI=1S/C24H20F3N5/c1-29-17-10-11-31(14-17)22-12-18(15-6-8-16(9-7-15)24(25,26)27)19(13-28)23-30-20-4-2-3-5-21(20)32(22)23/h2-9,12,17,29H,10-11,14H2,1H3. The van der Waals surface area contributed by atoms with Gasteiger partial charge < -0.3 is 10.2 Å². The Bertz CT molecular complexity index is 1350. The molecule has 1 atom stereocenters. The molecule has 0 aliphatic carbocycles. The fourth-order valence-electron chi connectivity index (χ4n) is 4.43. The maximum atomic E-state index is 13.1. The molecule has 1 fully saturated rings. The van der Waals surface area contributed by atoms with Gasteiger partial charge in [0.05, 0.1) is 16.6 Å². The summed E-state index contributed by atoms with van der Waals surface area (Å²) in [7, 11) is 1.93. The van der Waals surface area contributed by atoms with Crippen molar-refractivity contribution in [1.29, 1.82) is 5.26 Å². The number of hydrogen-bond acceptors (Lipinski definition) is 4. The van der Waals surface area contributed by atoms with Crippen molar-refractivity contribution in [2.45, 2.75) is 18.6 Å². The largest absolute Gasteiger partial charge is 0.416 e. The summed E-state index contributed by atoms with van der Waals surface area (Å²) in [6.07, 6.45) is -3.44. The van der Waals surface area contributed by atoms with Gasteiger partial charge in [-0.1, -0.05) is 24.3 Å². The van der Waals surface area contributed by atoms with Crippen LogP contribution in [0.25, 0.3) is 27.8 Å². The SMILES string of the molecule is CNC1CCN(c2cc(-c3ccc(C(F)(F)F)cc3)c(C#N)c3nc4ccccc4n23)C1. The van der Waals surface area contributed by atoms with Crippen molar-refractivity contribution >= 4 is 22.5 Å². The van der Waals surface area contributed by atoms with Gasteiger partial charge >= 0.3 is 6.18 Å². The van der Waals surface area contributed by atoms with Crippen LogP contribution < -0.4 is 10.2 Å². The van der Waals surface area contributed by atoms with E-state index in [4.69, 9.17) is 4.98 Å². The molecule has 1 unspecified atom stereocenters. The van der Waals surface area contributed by atoms with E-state index >= 15 is 0 Å². The number of pyridine rings is 1. The predicted octanol–water partition coefficient (Wildman–Crippen LogP) is 4.84. The second kappa shape index (κ2) is 7.53. The number of nitriles is 1. The van der Waals surface area contributed by atoms with Gasteiger partial charge in [0.2, 0.25) is 0 Å². The number of halogens is 3. The lowest BCUT2D eigenvalue weighted by molar-refractivity contribution is -0.137. The third-order valence-corrected chi connectivity index (χ3v) is 6.11. The summed E-state index contributed by atoms with van der Waals surface area (Å²) in [5.74, 6) is 0.875. The number of anilines is 1. The van der Waals surface area contributed by atoms with E-state index in [2.05, 4.69) is 16.3 Å². The molecule has 4 aromatic rings. The molecule has 0 bridgehead atoms. The van der Waals surface area contributed by atoms with Crippen molar-refractivity contribution in [2.75, 3.05) is 25.0 Å². The highest BCUT2D eigenvalue weighted by molar-refractivity contribution is 5.89. The molecular weight excluding hydrogens is 415 g/mol. The molecule has 5 rings (SSSR count). The smallest absolute Gasteiger partial charge is 0.356 e. The predicted molar refractivity (Wildman–Crippen MR) is 118 cm³/mol. The molecule has 1 saturated heterocycles. The Hall–Kier alpha value is -3.57. The second-order valence-electron chi connectivity index (χ2n) is 7.96. The van der Waals surface area contributed by atoms with E-state index in [0.717, 1.165) is 48.5 Å². The van der Waals surface area contributed by atoms with E-state index < -0.39 is 11.7 Å². The van der Waals surface area contributed by atoms with Crippen LogP contribution in [0, 0.1) is 11.3 Å². The molecule has 8 heteroatoms. The molecule has 0 spiro atoms. The summed E-state index contributed by atoms with van der Waals surface area (Å²) >= 11 is 0. The van der Waals surface area contributed by atoms with Crippen molar-refractivity contribution in [3.05, 3.63) is 65.7 Å². The monoisotopic (exact) mass is 435 g/mol. The fraction of sp³-hybridized carbons (Fsp3) is 0.250. The number of nitrogens with one attached hydrogen (secondary N) is 1. The Kier molecular flexibility index (Phi) is 4.79. The lowest BCUT2D eigenvalue weighted by atomic mass is 10.00. The average molecular weight is 435 g/mol. The molecular formula is C24H20F3N5. The van der Waals surface area contributed by atoms with Crippen molar-refractivity contribution in [1.82, 2.24) is 14.7 Å². The molecule has 2 aromatic heterocycles. The van der Waals surface area contributed by atoms with Crippen molar-refractivity contribution in [2.24, 2.45) is 0 Å². The van der Waals surface area contributed by atoms with Gasteiger partial charge in [0.25, 0.3) is 0 Å². The van der Waals surface area contributed by atoms with Gasteiger partial charge in [-0.05, 0) is 49.4 Å². The zero-order valence-corrected chi connectivity index (χ0v) is 17.3. The number of alkyl halides is 3. The van der Waals surface area contributed by atoms with Gasteiger partial charge in [0, 0.05) is 24.7 Å². The number of para-hydroxylation sites is 2. The first-order chi connectivity index (χ1) is 15.4. The van der Waals surface area contributed by atoms with Crippen LogP contribution in [0.4, 0.5) is 19.0 Å². The summed E-state index contributed by atoms with van der Waals surface area (Å²) in [6, 6.07) is 17.1. The highest BCUT2D eigenvalue weighted by Crippen LogP contribution is 2.37. The zero-order valence-electron chi connectivity index (χ0n) is 17.3. The number of hydrogen-bond donors (Lipinski definition) is 1. The number of rotatable bonds is 3. The summed E-state index contributed by atoms with van der Waals surface area (Å²) in [4.78, 5) is 6.95. The molecule has 32 heavy (non-hydrogen) atoms. The van der Waals surface area contributed by atoms with Crippen LogP contribution >= 0.6 is 0 Å². The summed E-state index contributed by atoms with van der Waals surface area (Å²) < 4.78 is 41.1. The minimum atomic E-state index is -4.41. The molecule has 1 aliphatic heterocycles. The van der Waals surface area contributed by atoms with Gasteiger partial charge in [-0.3, -0.25) is 4.40 Å². The van der Waals surface area contributed by atoms with E-state index in [1.165, 1.54) is 12.1 Å². The third-order valence-electron chi connectivity index (χ3n) is 6.11. The van der Waals surface area contributed by atoms with Crippen molar-refractivity contribution < 1.29 is 13.2 Å². The zero-order chi connectivity index (χ0) is 22.5. The van der Waals surface area contributed by atoms with Crippen LogP contribution in [0.1, 0.15) is 17.5 Å². The molecule has 5 nitrogen and oxygen atoms in total. The first kappa shape index (κ1) is 20.3. The van der Waals surface area contributed by atoms with Crippen LogP contribution in [-0.2, 0) is 6.18 Å². The van der Waals surface area contributed by atoms with Crippen LogP contribution in [-0.4, -0.2) is 35.6 Å². The van der Waals surface area contributed by atoms with Crippen LogP contribution in [0.15, 0.2) is 54.6 Å². The van der Waals surface area contributed by atoms with Crippen molar-refractivity contribution in [3.63, 3.8) is 0 Å². The first-order valence-corrected chi connectivity index (χ1v) is 10.3. The molecule has 1 aliphatic rings. The van der Waals surface area contributed by atoms with E-state index in [9.17, 15) is 18.4 Å². The van der Waals surface area contributed by atoms with Gasteiger partial charge in [-0.15, -0.1) is 0 Å². The van der Waals surface area contributed by atoms with Crippen LogP contribution in [0.2, 0.25) is 0 Å². The molecule has 0 amide bonds. The highest BCUT2D eigenvalue weighted by Gasteiger charge is 2.30. The number of likely N-dealkylation sites (N-methyl/N-ethyl adjacent to an activating group) is 1. The first-order valence-electron chi connectivity index (χ1n) is 10.3. The van der Waals surface area contributed by atoms with E-state index in [-0.39, 0.29) is 0 Å². The number of imidazole rings is 1. The Morgan fingerprint density at radius 3 is 2.53 bits per heavy atom. The van der Waals surface area contributed by atoms with E-state index in [0.29, 0.717) is 28.4 Å². The molecule has 2 aromatic carbocycles.